The highest BCUT2D eigenvalue weighted by Gasteiger charge is 2.20. The molecule has 0 amide bonds. The lowest BCUT2D eigenvalue weighted by molar-refractivity contribution is -0.384. The van der Waals surface area contributed by atoms with Crippen LogP contribution in [0.2, 0.25) is 0 Å². The van der Waals surface area contributed by atoms with Gasteiger partial charge < -0.3 is 4.57 Å². The van der Waals surface area contributed by atoms with Crippen LogP contribution in [0.25, 0.3) is 0 Å². The molecule has 4 nitrogen and oxygen atoms in total. The molecular formula is C19H24NO3PS. The Kier molecular flexibility index (Phi) is 5.80. The molecule has 0 aliphatic carbocycles. The number of benzene rings is 2. The van der Waals surface area contributed by atoms with Crippen molar-refractivity contribution >= 4 is 29.9 Å². The molecule has 2 rings (SSSR count). The maximum absolute atomic E-state index is 12.5. The number of nitrogens with zero attached hydrogens (tertiary/aromatic N) is 1. The van der Waals surface area contributed by atoms with E-state index in [2.05, 4.69) is 45.0 Å². The Morgan fingerprint density at radius 1 is 1.08 bits per heavy atom. The van der Waals surface area contributed by atoms with Gasteiger partial charge in [-0.25, -0.2) is 0 Å². The van der Waals surface area contributed by atoms with Crippen LogP contribution in [0.3, 0.4) is 0 Å². The topological polar surface area (TPSA) is 60.2 Å². The van der Waals surface area contributed by atoms with Gasteiger partial charge in [0.05, 0.1) is 4.92 Å². The van der Waals surface area contributed by atoms with Crippen molar-refractivity contribution < 1.29 is 9.49 Å². The Bertz CT molecular complexity index is 820. The SMILES string of the molecule is CC(C)(C)c1ccc(CSc2ccc([N+](=O)[O-])cc2P(C)(C)=O)cc1. The zero-order chi connectivity index (χ0) is 18.8. The second-order valence-electron chi connectivity index (χ2n) is 7.50. The molecule has 6 heteroatoms. The number of nitro groups is 1. The van der Waals surface area contributed by atoms with Crippen LogP contribution in [-0.4, -0.2) is 18.3 Å². The van der Waals surface area contributed by atoms with E-state index in [1.54, 1.807) is 31.2 Å². The average molecular weight is 377 g/mol. The third kappa shape index (κ3) is 5.20. The molecule has 0 aliphatic heterocycles. The van der Waals surface area contributed by atoms with E-state index in [0.29, 0.717) is 5.30 Å². The van der Waals surface area contributed by atoms with Gasteiger partial charge in [-0.3, -0.25) is 10.1 Å². The van der Waals surface area contributed by atoms with E-state index in [0.717, 1.165) is 10.6 Å². The van der Waals surface area contributed by atoms with Crippen LogP contribution in [0.15, 0.2) is 47.4 Å². The first-order chi connectivity index (χ1) is 11.5. The molecule has 0 saturated heterocycles. The molecule has 0 unspecified atom stereocenters. The third-order valence-corrected chi connectivity index (χ3v) is 6.77. The quantitative estimate of drug-likeness (QED) is 0.302. The molecule has 0 radical (unpaired) electrons. The van der Waals surface area contributed by atoms with E-state index >= 15 is 0 Å². The zero-order valence-corrected chi connectivity index (χ0v) is 17.0. The van der Waals surface area contributed by atoms with E-state index in [9.17, 15) is 14.7 Å². The van der Waals surface area contributed by atoms with Gasteiger partial charge in [0.15, 0.2) is 0 Å². The molecule has 0 aliphatic rings. The number of non-ortho nitro benzene ring substituents is 1. The van der Waals surface area contributed by atoms with Crippen LogP contribution < -0.4 is 5.30 Å². The van der Waals surface area contributed by atoms with Crippen LogP contribution in [0.4, 0.5) is 5.69 Å². The van der Waals surface area contributed by atoms with Crippen molar-refractivity contribution in [3.63, 3.8) is 0 Å². The van der Waals surface area contributed by atoms with Gasteiger partial charge in [0, 0.05) is 28.1 Å². The fourth-order valence-corrected chi connectivity index (χ4v) is 5.21. The van der Waals surface area contributed by atoms with Crippen LogP contribution in [0, 0.1) is 10.1 Å². The van der Waals surface area contributed by atoms with Crippen molar-refractivity contribution in [2.75, 3.05) is 13.3 Å². The van der Waals surface area contributed by atoms with Gasteiger partial charge in [0.1, 0.15) is 7.14 Å². The van der Waals surface area contributed by atoms with Crippen LogP contribution in [0.5, 0.6) is 0 Å². The highest BCUT2D eigenvalue weighted by atomic mass is 32.2. The summed E-state index contributed by atoms with van der Waals surface area (Å²) in [5.41, 5.74) is 2.56. The molecule has 2 aromatic rings. The maximum Gasteiger partial charge on any atom is 0.270 e. The molecule has 134 valence electrons. The van der Waals surface area contributed by atoms with E-state index in [1.807, 2.05) is 0 Å². The largest absolute Gasteiger partial charge is 0.319 e. The summed E-state index contributed by atoms with van der Waals surface area (Å²) in [4.78, 5) is 11.4. The van der Waals surface area contributed by atoms with Crippen molar-refractivity contribution in [1.82, 2.24) is 0 Å². The minimum atomic E-state index is -2.60. The molecule has 0 spiro atoms. The van der Waals surface area contributed by atoms with Crippen LogP contribution in [0.1, 0.15) is 31.9 Å². The molecule has 0 fully saturated rings. The van der Waals surface area contributed by atoms with Gasteiger partial charge in [-0.2, -0.15) is 0 Å². The first kappa shape index (κ1) is 19.7. The summed E-state index contributed by atoms with van der Waals surface area (Å²) in [5.74, 6) is 0.731. The predicted molar refractivity (Wildman–Crippen MR) is 107 cm³/mol. The molecule has 2 aromatic carbocycles. The molecule has 0 saturated carbocycles. The summed E-state index contributed by atoms with van der Waals surface area (Å²) in [7, 11) is -2.60. The van der Waals surface area contributed by atoms with Gasteiger partial charge in [0.25, 0.3) is 5.69 Å². The van der Waals surface area contributed by atoms with Crippen molar-refractivity contribution in [3.05, 3.63) is 63.7 Å². The minimum Gasteiger partial charge on any atom is -0.319 e. The highest BCUT2D eigenvalue weighted by Crippen LogP contribution is 2.40. The summed E-state index contributed by atoms with van der Waals surface area (Å²) in [6.45, 7) is 9.84. The van der Waals surface area contributed by atoms with Crippen LogP contribution in [-0.2, 0) is 15.7 Å². The lowest BCUT2D eigenvalue weighted by Crippen LogP contribution is -2.10. The van der Waals surface area contributed by atoms with E-state index in [-0.39, 0.29) is 11.1 Å². The van der Waals surface area contributed by atoms with E-state index in [4.69, 9.17) is 0 Å². The highest BCUT2D eigenvalue weighted by molar-refractivity contribution is 7.99. The fraction of sp³-hybridized carbons (Fsp3) is 0.368. The Labute approximate surface area is 153 Å². The van der Waals surface area contributed by atoms with Crippen molar-refractivity contribution in [2.24, 2.45) is 0 Å². The Morgan fingerprint density at radius 2 is 1.68 bits per heavy atom. The first-order valence-corrected chi connectivity index (χ1v) is 11.6. The molecule has 0 bridgehead atoms. The van der Waals surface area contributed by atoms with Gasteiger partial charge in [-0.1, -0.05) is 45.0 Å². The van der Waals surface area contributed by atoms with Crippen LogP contribution >= 0.6 is 18.9 Å². The number of thioether (sulfide) groups is 1. The van der Waals surface area contributed by atoms with Crippen molar-refractivity contribution in [1.29, 1.82) is 0 Å². The summed E-state index contributed by atoms with van der Waals surface area (Å²) in [5, 5.41) is 11.6. The normalized spacial score (nSPS) is 12.2. The minimum absolute atomic E-state index is 0.0159. The molecule has 0 heterocycles. The predicted octanol–water partition coefficient (Wildman–Crippen LogP) is 5.43. The third-order valence-electron chi connectivity index (χ3n) is 3.95. The standard InChI is InChI=1S/C19H24NO3PS/c1-19(2,3)15-8-6-14(7-9-15)13-25-18-11-10-16(20(21)22)12-17(18)24(4,5)23/h6-12H,13H2,1-5H3. The smallest absolute Gasteiger partial charge is 0.270 e. The monoisotopic (exact) mass is 377 g/mol. The number of hydrogen-bond acceptors (Lipinski definition) is 4. The Balaban J connectivity index is 2.23. The summed E-state index contributed by atoms with van der Waals surface area (Å²) in [6, 6.07) is 13.1. The number of hydrogen-bond donors (Lipinski definition) is 0. The average Bonchev–Trinajstić information content (AvgIpc) is 2.51. The molecule has 0 aromatic heterocycles. The molecule has 0 N–H and O–H groups in total. The summed E-state index contributed by atoms with van der Waals surface area (Å²) < 4.78 is 12.5. The maximum atomic E-state index is 12.5. The molecule has 25 heavy (non-hydrogen) atoms. The summed E-state index contributed by atoms with van der Waals surface area (Å²) >= 11 is 1.57. The van der Waals surface area contributed by atoms with Crippen molar-refractivity contribution in [2.45, 2.75) is 36.8 Å². The molecular weight excluding hydrogens is 353 g/mol. The lowest BCUT2D eigenvalue weighted by atomic mass is 9.87. The summed E-state index contributed by atoms with van der Waals surface area (Å²) in [6.07, 6.45) is 0. The fourth-order valence-electron chi connectivity index (χ4n) is 2.42. The van der Waals surface area contributed by atoms with E-state index in [1.165, 1.54) is 23.3 Å². The second-order valence-corrected chi connectivity index (χ2v) is 11.7. The Hall–Kier alpha value is -1.58. The number of rotatable bonds is 5. The Morgan fingerprint density at radius 3 is 2.16 bits per heavy atom. The van der Waals surface area contributed by atoms with E-state index < -0.39 is 12.1 Å². The van der Waals surface area contributed by atoms with Gasteiger partial charge in [-0.05, 0) is 35.9 Å². The zero-order valence-electron chi connectivity index (χ0n) is 15.3. The first-order valence-electron chi connectivity index (χ1n) is 8.05. The lowest BCUT2D eigenvalue weighted by Gasteiger charge is -2.19. The molecule has 0 atom stereocenters. The number of nitro benzene ring substituents is 1. The second kappa shape index (κ2) is 7.35. The van der Waals surface area contributed by atoms with Gasteiger partial charge in [-0.15, -0.1) is 11.8 Å². The van der Waals surface area contributed by atoms with Gasteiger partial charge >= 0.3 is 0 Å². The van der Waals surface area contributed by atoms with Crippen molar-refractivity contribution in [3.8, 4) is 0 Å². The van der Waals surface area contributed by atoms with Gasteiger partial charge in [0.2, 0.25) is 0 Å².